The van der Waals surface area contributed by atoms with Crippen molar-refractivity contribution in [2.45, 2.75) is 0 Å². The molecule has 0 spiro atoms. The number of aromatic nitrogens is 2. The Morgan fingerprint density at radius 3 is 2.72 bits per heavy atom. The lowest BCUT2D eigenvalue weighted by molar-refractivity contribution is 0.104. The summed E-state index contributed by atoms with van der Waals surface area (Å²) in [7, 11) is 0. The third-order valence-electron chi connectivity index (χ3n) is 2.52. The van der Waals surface area contributed by atoms with Gasteiger partial charge in [-0.25, -0.2) is 14.4 Å². The number of halogens is 1. The Kier molecular flexibility index (Phi) is 2.60. The van der Waals surface area contributed by atoms with Crippen LogP contribution in [0.15, 0.2) is 43.0 Å². The fourth-order valence-electron chi connectivity index (χ4n) is 1.68. The van der Waals surface area contributed by atoms with E-state index < -0.39 is 0 Å². The van der Waals surface area contributed by atoms with E-state index in [1.165, 1.54) is 42.2 Å². The largest absolute Gasteiger partial charge is 0.288 e. The normalized spacial score (nSPS) is 10.7. The molecule has 0 amide bonds. The van der Waals surface area contributed by atoms with Gasteiger partial charge in [-0.1, -0.05) is 0 Å². The number of thiophene rings is 1. The fraction of sp³-hybridized carbons (Fsp3) is 0. The molecular weight excluding hydrogens is 251 g/mol. The number of carbonyl (C=O) groups excluding carboxylic acids is 1. The molecular formula is C13H7FN2OS. The van der Waals surface area contributed by atoms with Crippen LogP contribution in [0.5, 0.6) is 0 Å². The van der Waals surface area contributed by atoms with Gasteiger partial charge in [-0.15, -0.1) is 11.3 Å². The van der Waals surface area contributed by atoms with Gasteiger partial charge < -0.3 is 0 Å². The van der Waals surface area contributed by atoms with Crippen LogP contribution >= 0.6 is 11.3 Å². The van der Waals surface area contributed by atoms with Gasteiger partial charge in [0.15, 0.2) is 0 Å². The third-order valence-corrected chi connectivity index (χ3v) is 3.64. The lowest BCUT2D eigenvalue weighted by Crippen LogP contribution is -1.99. The first-order valence-corrected chi connectivity index (χ1v) is 6.04. The van der Waals surface area contributed by atoms with Crippen molar-refractivity contribution in [3.63, 3.8) is 0 Å². The van der Waals surface area contributed by atoms with Crippen LogP contribution in [0.25, 0.3) is 10.1 Å². The fourth-order valence-corrected chi connectivity index (χ4v) is 2.69. The molecule has 0 aliphatic rings. The van der Waals surface area contributed by atoms with Gasteiger partial charge in [-0.2, -0.15) is 0 Å². The van der Waals surface area contributed by atoms with Gasteiger partial charge in [0.1, 0.15) is 12.1 Å². The monoisotopic (exact) mass is 258 g/mol. The number of hydrogen-bond acceptors (Lipinski definition) is 4. The molecule has 0 atom stereocenters. The molecule has 0 fully saturated rings. The SMILES string of the molecule is O=C(c1cncnc1)c1cc2cc(F)ccc2s1. The topological polar surface area (TPSA) is 42.9 Å². The summed E-state index contributed by atoms with van der Waals surface area (Å²) in [5.74, 6) is -0.445. The molecule has 0 radical (unpaired) electrons. The molecule has 5 heteroatoms. The highest BCUT2D eigenvalue weighted by Gasteiger charge is 2.13. The van der Waals surface area contributed by atoms with Gasteiger partial charge in [0.2, 0.25) is 5.78 Å². The summed E-state index contributed by atoms with van der Waals surface area (Å²) in [4.78, 5) is 20.3. The van der Waals surface area contributed by atoms with Gasteiger partial charge in [0, 0.05) is 17.1 Å². The van der Waals surface area contributed by atoms with Crippen LogP contribution < -0.4 is 0 Å². The van der Waals surface area contributed by atoms with Gasteiger partial charge in [0.25, 0.3) is 0 Å². The van der Waals surface area contributed by atoms with Crippen LogP contribution in [-0.2, 0) is 0 Å². The molecule has 0 N–H and O–H groups in total. The number of hydrogen-bond donors (Lipinski definition) is 0. The summed E-state index contributed by atoms with van der Waals surface area (Å²) in [6, 6.07) is 6.18. The van der Waals surface area contributed by atoms with E-state index in [2.05, 4.69) is 9.97 Å². The van der Waals surface area contributed by atoms with Gasteiger partial charge >= 0.3 is 0 Å². The van der Waals surface area contributed by atoms with Crippen LogP contribution in [0.4, 0.5) is 4.39 Å². The number of benzene rings is 1. The van der Waals surface area contributed by atoms with Crippen molar-refractivity contribution < 1.29 is 9.18 Å². The Morgan fingerprint density at radius 2 is 1.94 bits per heavy atom. The van der Waals surface area contributed by atoms with Crippen molar-refractivity contribution in [3.05, 3.63) is 59.2 Å². The molecule has 3 nitrogen and oxygen atoms in total. The van der Waals surface area contributed by atoms with E-state index in [-0.39, 0.29) is 11.6 Å². The number of rotatable bonds is 2. The first-order valence-electron chi connectivity index (χ1n) is 5.23. The van der Waals surface area contributed by atoms with Crippen LogP contribution in [0, 0.1) is 5.82 Å². The summed E-state index contributed by atoms with van der Waals surface area (Å²) in [6.07, 6.45) is 4.32. The quantitative estimate of drug-likeness (QED) is 0.663. The maximum atomic E-state index is 13.1. The smallest absolute Gasteiger partial charge is 0.206 e. The number of fused-ring (bicyclic) bond motifs is 1. The zero-order valence-electron chi connectivity index (χ0n) is 9.13. The first-order chi connectivity index (χ1) is 8.74. The van der Waals surface area contributed by atoms with Crippen LogP contribution in [0.1, 0.15) is 15.2 Å². The second-order valence-electron chi connectivity index (χ2n) is 3.75. The van der Waals surface area contributed by atoms with E-state index in [9.17, 15) is 9.18 Å². The van der Waals surface area contributed by atoms with Crippen LogP contribution in [0.2, 0.25) is 0 Å². The third kappa shape index (κ3) is 1.89. The molecule has 1 aromatic carbocycles. The Morgan fingerprint density at radius 1 is 1.17 bits per heavy atom. The molecule has 88 valence electrons. The zero-order valence-corrected chi connectivity index (χ0v) is 9.95. The molecule has 0 saturated heterocycles. The molecule has 2 heterocycles. The van der Waals surface area contributed by atoms with E-state index in [1.807, 2.05) is 0 Å². The van der Waals surface area contributed by atoms with Crippen molar-refractivity contribution in [2.24, 2.45) is 0 Å². The highest BCUT2D eigenvalue weighted by molar-refractivity contribution is 7.21. The van der Waals surface area contributed by atoms with Crippen molar-refractivity contribution in [1.82, 2.24) is 9.97 Å². The van der Waals surface area contributed by atoms with Gasteiger partial charge in [-0.05, 0) is 29.7 Å². The highest BCUT2D eigenvalue weighted by Crippen LogP contribution is 2.27. The summed E-state index contributed by atoms with van der Waals surface area (Å²) in [6.45, 7) is 0. The second kappa shape index (κ2) is 4.27. The van der Waals surface area contributed by atoms with Crippen molar-refractivity contribution in [1.29, 1.82) is 0 Å². The van der Waals surface area contributed by atoms with Crippen molar-refractivity contribution in [3.8, 4) is 0 Å². The molecule has 3 rings (SSSR count). The molecule has 3 aromatic rings. The van der Waals surface area contributed by atoms with E-state index in [0.717, 1.165) is 10.1 Å². The predicted molar refractivity (Wildman–Crippen MR) is 67.2 cm³/mol. The van der Waals surface area contributed by atoms with Gasteiger partial charge in [0.05, 0.1) is 10.4 Å². The summed E-state index contributed by atoms with van der Waals surface area (Å²) < 4.78 is 14.0. The van der Waals surface area contributed by atoms with E-state index in [1.54, 1.807) is 12.1 Å². The molecule has 2 aromatic heterocycles. The van der Waals surface area contributed by atoms with Crippen LogP contribution in [-0.4, -0.2) is 15.8 Å². The van der Waals surface area contributed by atoms with E-state index in [0.29, 0.717) is 10.4 Å². The number of ketones is 1. The Balaban J connectivity index is 2.07. The maximum absolute atomic E-state index is 13.1. The standard InChI is InChI=1S/C13H7FN2OS/c14-10-1-2-11-8(3-10)4-12(18-11)13(17)9-5-15-7-16-6-9/h1-7H. The first kappa shape index (κ1) is 11.0. The minimum absolute atomic E-state index is 0.141. The highest BCUT2D eigenvalue weighted by atomic mass is 32.1. The Hall–Kier alpha value is -2.14. The average molecular weight is 258 g/mol. The second-order valence-corrected chi connectivity index (χ2v) is 4.83. The number of nitrogens with zero attached hydrogens (tertiary/aromatic N) is 2. The van der Waals surface area contributed by atoms with E-state index >= 15 is 0 Å². The Labute approximate surface area is 106 Å². The Bertz CT molecular complexity index is 724. The summed E-state index contributed by atoms with van der Waals surface area (Å²) in [5.41, 5.74) is 0.435. The minimum Gasteiger partial charge on any atom is -0.288 e. The van der Waals surface area contributed by atoms with Crippen molar-refractivity contribution >= 4 is 27.2 Å². The summed E-state index contributed by atoms with van der Waals surface area (Å²) in [5, 5.41) is 0.736. The summed E-state index contributed by atoms with van der Waals surface area (Å²) >= 11 is 1.34. The molecule has 18 heavy (non-hydrogen) atoms. The lowest BCUT2D eigenvalue weighted by Gasteiger charge is -1.94. The predicted octanol–water partition coefficient (Wildman–Crippen LogP) is 3.06. The molecule has 0 aliphatic heterocycles. The van der Waals surface area contributed by atoms with Gasteiger partial charge in [-0.3, -0.25) is 4.79 Å². The minimum atomic E-state index is -0.303. The molecule has 0 unspecified atom stereocenters. The molecule has 0 saturated carbocycles. The molecule has 0 aliphatic carbocycles. The molecule has 0 bridgehead atoms. The zero-order chi connectivity index (χ0) is 12.5. The maximum Gasteiger partial charge on any atom is 0.206 e. The average Bonchev–Trinajstić information content (AvgIpc) is 2.81. The number of carbonyl (C=O) groups is 1. The lowest BCUT2D eigenvalue weighted by atomic mass is 10.1. The van der Waals surface area contributed by atoms with Crippen molar-refractivity contribution in [2.75, 3.05) is 0 Å². The van der Waals surface area contributed by atoms with E-state index in [4.69, 9.17) is 0 Å². The van der Waals surface area contributed by atoms with Crippen LogP contribution in [0.3, 0.4) is 0 Å².